The number of phenolic OH excluding ortho intramolecular Hbond substituents is 1. The van der Waals surface area contributed by atoms with Gasteiger partial charge in [-0.05, 0) is 97.0 Å². The third-order valence-electron chi connectivity index (χ3n) is 12.0. The van der Waals surface area contributed by atoms with Gasteiger partial charge >= 0.3 is 6.29 Å². The lowest BCUT2D eigenvalue weighted by Crippen LogP contribution is -2.28. The molecular weight excluding hydrogens is 905 g/mol. The van der Waals surface area contributed by atoms with E-state index in [0.717, 1.165) is 39.1 Å². The summed E-state index contributed by atoms with van der Waals surface area (Å²) < 4.78 is 53.1. The zero-order valence-corrected chi connectivity index (χ0v) is 38.7. The molecule has 1 aliphatic carbocycles. The minimum Gasteiger partial charge on any atom is -0.508 e. The summed E-state index contributed by atoms with van der Waals surface area (Å²) in [6.45, 7) is 6.61. The van der Waals surface area contributed by atoms with Crippen molar-refractivity contribution in [3.05, 3.63) is 137 Å². The van der Waals surface area contributed by atoms with E-state index in [2.05, 4.69) is 42.3 Å². The van der Waals surface area contributed by atoms with E-state index in [4.69, 9.17) is 24.9 Å². The average Bonchev–Trinajstić information content (AvgIpc) is 4.12. The van der Waals surface area contributed by atoms with Crippen molar-refractivity contribution in [1.29, 1.82) is 0 Å². The largest absolute Gasteiger partial charge is 0.586 e. The Morgan fingerprint density at radius 1 is 0.757 bits per heavy atom. The van der Waals surface area contributed by atoms with Gasteiger partial charge < -0.3 is 50.5 Å². The number of amides is 3. The number of carbonyl (C=O) groups excluding carboxylic acids is 3. The highest BCUT2D eigenvalue weighted by Crippen LogP contribution is 2.52. The number of nitrogens with one attached hydrogen (secondary N) is 3. The van der Waals surface area contributed by atoms with Crippen molar-refractivity contribution >= 4 is 23.5 Å². The number of carbonyl (C=O) groups is 3. The maximum Gasteiger partial charge on any atom is 0.586 e. The molecule has 0 radical (unpaired) electrons. The van der Waals surface area contributed by atoms with E-state index in [1.807, 2.05) is 37.3 Å². The lowest BCUT2D eigenvalue weighted by molar-refractivity contribution is -0.286. The number of benzene rings is 3. The highest BCUT2D eigenvalue weighted by atomic mass is 19.3. The third-order valence-corrected chi connectivity index (χ3v) is 12.0. The molecule has 1 aliphatic heterocycles. The van der Waals surface area contributed by atoms with Gasteiger partial charge in [0.2, 0.25) is 5.91 Å². The van der Waals surface area contributed by atoms with Crippen LogP contribution >= 0.6 is 0 Å². The lowest BCUT2D eigenvalue weighted by Gasteiger charge is -2.17. The van der Waals surface area contributed by atoms with Crippen LogP contribution in [0.4, 0.5) is 14.6 Å². The number of rotatable bonds is 22. The first-order chi connectivity index (χ1) is 33.9. The third kappa shape index (κ3) is 11.5. The van der Waals surface area contributed by atoms with Gasteiger partial charge in [0.05, 0.1) is 56.4 Å². The van der Waals surface area contributed by atoms with E-state index in [1.54, 1.807) is 60.9 Å². The van der Waals surface area contributed by atoms with Crippen LogP contribution < -0.4 is 31.2 Å². The quantitative estimate of drug-likeness (QED) is 0.0429. The summed E-state index contributed by atoms with van der Waals surface area (Å²) in [7, 11) is 0. The first-order valence-electron chi connectivity index (χ1n) is 22.9. The monoisotopic (exact) mass is 957 g/mol. The number of alkyl halides is 2. The molecule has 4 heterocycles. The maximum atomic E-state index is 13.6. The molecule has 0 spiro atoms. The number of aromatic hydroxyl groups is 1. The van der Waals surface area contributed by atoms with Crippen molar-refractivity contribution in [3.63, 3.8) is 0 Å². The molecule has 1 fully saturated rings. The Bertz CT molecular complexity index is 2840. The molecule has 18 heteroatoms. The van der Waals surface area contributed by atoms with Crippen molar-refractivity contribution in [1.82, 2.24) is 25.6 Å². The molecule has 3 aromatic carbocycles. The Morgan fingerprint density at radius 3 is 2.11 bits per heavy atom. The summed E-state index contributed by atoms with van der Waals surface area (Å²) in [5.74, 6) is -0.652. The van der Waals surface area contributed by atoms with Gasteiger partial charge in [0, 0.05) is 59.8 Å². The highest BCUT2D eigenvalue weighted by molar-refractivity contribution is 6.01. The molecule has 0 bridgehead atoms. The van der Waals surface area contributed by atoms with Crippen LogP contribution in [0.5, 0.6) is 17.2 Å². The number of nitrogens with two attached hydrogens (primary N) is 1. The standard InChI is InChI=1S/C52H53F2N7O9/c1-3-39-40(31-59-42(29-55)46(39)33-8-12-38(62)13-9-33)36-10-14-41(58-30-36)49(64)57-20-22-67-24-26-68-25-23-66-21-19-56-48(63)35-6-4-5-34(27-35)47-32(2)7-16-45(60-47)61-50(65)51(17-18-51)37-11-15-43-44(28-37)70-52(53,54)69-43/h4-16,27-28,30-31,62H,3,17-26,29,55H2,1-2H3,(H,56,63)(H,57,64)(H,60,61,65). The number of anilines is 1. The van der Waals surface area contributed by atoms with Crippen LogP contribution in [0, 0.1) is 6.92 Å². The number of hydrogen-bond donors (Lipinski definition) is 5. The van der Waals surface area contributed by atoms with Crippen molar-refractivity contribution in [2.45, 2.75) is 51.4 Å². The summed E-state index contributed by atoms with van der Waals surface area (Å²) in [6, 6.07) is 25.4. The minimum atomic E-state index is -3.75. The molecule has 8 rings (SSSR count). The fourth-order valence-electron chi connectivity index (χ4n) is 8.18. The van der Waals surface area contributed by atoms with Crippen molar-refractivity contribution in [2.75, 3.05) is 58.0 Å². The number of hydrogen-bond acceptors (Lipinski definition) is 13. The number of fused-ring (bicyclic) bond motifs is 1. The van der Waals surface area contributed by atoms with Crippen LogP contribution in [-0.4, -0.2) is 96.8 Å². The molecule has 0 atom stereocenters. The molecule has 364 valence electrons. The van der Waals surface area contributed by atoms with Gasteiger partial charge in [0.25, 0.3) is 11.8 Å². The summed E-state index contributed by atoms with van der Waals surface area (Å²) in [4.78, 5) is 53.1. The maximum absolute atomic E-state index is 13.6. The zero-order chi connectivity index (χ0) is 49.3. The van der Waals surface area contributed by atoms with Gasteiger partial charge in [-0.25, -0.2) is 4.98 Å². The van der Waals surface area contributed by atoms with E-state index in [-0.39, 0.29) is 73.5 Å². The van der Waals surface area contributed by atoms with Gasteiger partial charge in [-0.2, -0.15) is 0 Å². The molecule has 6 N–H and O–H groups in total. The van der Waals surface area contributed by atoms with Crippen LogP contribution in [0.25, 0.3) is 33.5 Å². The predicted molar refractivity (Wildman–Crippen MR) is 256 cm³/mol. The number of aromatic nitrogens is 3. The molecule has 16 nitrogen and oxygen atoms in total. The van der Waals surface area contributed by atoms with E-state index >= 15 is 0 Å². The Hall–Kier alpha value is -7.38. The summed E-state index contributed by atoms with van der Waals surface area (Å²) >= 11 is 0. The fraction of sp³-hybridized carbons (Fsp3) is 0.308. The Kier molecular flexibility index (Phi) is 15.4. The van der Waals surface area contributed by atoms with Crippen LogP contribution in [0.1, 0.15) is 63.0 Å². The average molecular weight is 958 g/mol. The summed E-state index contributed by atoms with van der Waals surface area (Å²) in [5.41, 5.74) is 13.8. The second-order valence-electron chi connectivity index (χ2n) is 16.7. The topological polar surface area (TPSA) is 218 Å². The number of phenols is 1. The Balaban J connectivity index is 0.700. The second-order valence-corrected chi connectivity index (χ2v) is 16.7. The molecule has 70 heavy (non-hydrogen) atoms. The fourth-order valence-corrected chi connectivity index (χ4v) is 8.18. The number of pyridine rings is 3. The SMILES string of the molecule is CCc1c(-c2ccc(C(=O)NCCOCCOCCOCCNC(=O)c3cccc(-c4nc(NC(=O)C5(c6ccc7c(c6)OC(F)(F)O7)CC5)ccc4C)c3)nc2)cnc(CN)c1-c1ccc(O)cc1. The van der Waals surface area contributed by atoms with Gasteiger partial charge in [-0.1, -0.05) is 49.4 Å². The normalized spacial score (nSPS) is 14.0. The molecule has 2 aliphatic rings. The number of halogens is 2. The molecule has 3 amide bonds. The molecule has 6 aromatic rings. The van der Waals surface area contributed by atoms with Crippen LogP contribution in [0.2, 0.25) is 0 Å². The summed E-state index contributed by atoms with van der Waals surface area (Å²) in [6.07, 6.45) is 1.46. The lowest BCUT2D eigenvalue weighted by atomic mass is 9.90. The van der Waals surface area contributed by atoms with Crippen molar-refractivity contribution < 1.29 is 52.0 Å². The summed E-state index contributed by atoms with van der Waals surface area (Å²) in [5, 5.41) is 18.4. The Labute approximate surface area is 402 Å². The van der Waals surface area contributed by atoms with Gasteiger partial charge in [0.1, 0.15) is 17.3 Å². The van der Waals surface area contributed by atoms with Crippen molar-refractivity contribution in [3.8, 4) is 50.8 Å². The predicted octanol–water partition coefficient (Wildman–Crippen LogP) is 7.11. The molecule has 0 unspecified atom stereocenters. The number of nitrogens with zero attached hydrogens (tertiary/aromatic N) is 3. The number of ether oxygens (including phenoxy) is 5. The van der Waals surface area contributed by atoms with Crippen LogP contribution in [-0.2, 0) is 37.4 Å². The highest BCUT2D eigenvalue weighted by Gasteiger charge is 2.53. The zero-order valence-electron chi connectivity index (χ0n) is 38.7. The smallest absolute Gasteiger partial charge is 0.508 e. The molecule has 1 saturated carbocycles. The van der Waals surface area contributed by atoms with Gasteiger partial charge in [-0.3, -0.25) is 24.4 Å². The first-order valence-corrected chi connectivity index (χ1v) is 22.9. The van der Waals surface area contributed by atoms with E-state index in [9.17, 15) is 28.3 Å². The van der Waals surface area contributed by atoms with Crippen molar-refractivity contribution in [2.24, 2.45) is 5.73 Å². The van der Waals surface area contributed by atoms with Crippen LogP contribution in [0.15, 0.2) is 103 Å². The van der Waals surface area contributed by atoms with Gasteiger partial charge in [-0.15, -0.1) is 8.78 Å². The van der Waals surface area contributed by atoms with Crippen LogP contribution in [0.3, 0.4) is 0 Å². The molecular formula is C52H53F2N7O9. The van der Waals surface area contributed by atoms with E-state index in [1.165, 1.54) is 12.1 Å². The van der Waals surface area contributed by atoms with Gasteiger partial charge in [0.15, 0.2) is 11.5 Å². The number of aryl methyl sites for hydroxylation is 1. The van der Waals surface area contributed by atoms with E-state index in [0.29, 0.717) is 73.9 Å². The molecule has 3 aromatic heterocycles. The first kappa shape index (κ1) is 49.1. The van der Waals surface area contributed by atoms with E-state index < -0.39 is 11.7 Å². The Morgan fingerprint density at radius 2 is 1.44 bits per heavy atom. The minimum absolute atomic E-state index is 0.0864. The second kappa shape index (κ2) is 21.9. The molecule has 0 saturated heterocycles.